The largest absolute Gasteiger partial charge is 0.355 e. The van der Waals surface area contributed by atoms with Gasteiger partial charge in [-0.05, 0) is 55.8 Å². The third-order valence-corrected chi connectivity index (χ3v) is 8.16. The molecule has 0 heterocycles. The van der Waals surface area contributed by atoms with Crippen LogP contribution in [-0.2, 0) is 26.2 Å². The van der Waals surface area contributed by atoms with E-state index in [2.05, 4.69) is 5.32 Å². The Morgan fingerprint density at radius 1 is 0.919 bits per heavy atom. The Morgan fingerprint density at radius 3 is 2.11 bits per heavy atom. The van der Waals surface area contributed by atoms with Crippen LogP contribution >= 0.6 is 34.8 Å². The van der Waals surface area contributed by atoms with Crippen molar-refractivity contribution in [2.75, 3.05) is 17.4 Å². The number of hydrogen-bond donors (Lipinski definition) is 1. The molecule has 0 fully saturated rings. The van der Waals surface area contributed by atoms with Crippen LogP contribution in [0.15, 0.2) is 77.7 Å². The molecule has 196 valence electrons. The molecule has 3 aromatic carbocycles. The molecular weight excluding hydrogens is 557 g/mol. The van der Waals surface area contributed by atoms with E-state index in [0.717, 1.165) is 4.31 Å². The third-order valence-electron chi connectivity index (χ3n) is 5.56. The van der Waals surface area contributed by atoms with Gasteiger partial charge in [0, 0.05) is 28.2 Å². The van der Waals surface area contributed by atoms with Crippen molar-refractivity contribution in [2.45, 2.75) is 31.3 Å². The maximum Gasteiger partial charge on any atom is 0.264 e. The molecule has 0 aliphatic heterocycles. The van der Waals surface area contributed by atoms with Crippen molar-refractivity contribution in [3.63, 3.8) is 0 Å². The fourth-order valence-corrected chi connectivity index (χ4v) is 5.78. The molecule has 0 saturated carbocycles. The number of anilines is 1. The molecule has 2 amide bonds. The predicted octanol–water partition coefficient (Wildman–Crippen LogP) is 5.40. The molecule has 0 bridgehead atoms. The molecule has 0 radical (unpaired) electrons. The Hall–Kier alpha value is -2.78. The number of amides is 2. The highest BCUT2D eigenvalue weighted by molar-refractivity contribution is 7.92. The lowest BCUT2D eigenvalue weighted by Gasteiger charge is -2.32. The molecule has 3 rings (SSSR count). The lowest BCUT2D eigenvalue weighted by Crippen LogP contribution is -2.51. The van der Waals surface area contributed by atoms with Gasteiger partial charge >= 0.3 is 0 Å². The summed E-state index contributed by atoms with van der Waals surface area (Å²) in [6.07, 6.45) is 0. The number of hydrogen-bond acceptors (Lipinski definition) is 4. The van der Waals surface area contributed by atoms with Gasteiger partial charge in [0.1, 0.15) is 12.6 Å². The molecule has 1 N–H and O–H groups in total. The van der Waals surface area contributed by atoms with Crippen molar-refractivity contribution in [1.29, 1.82) is 0 Å². The fourth-order valence-electron chi connectivity index (χ4n) is 3.65. The maximum atomic E-state index is 13.8. The summed E-state index contributed by atoms with van der Waals surface area (Å²) in [5.74, 6) is -1.000. The van der Waals surface area contributed by atoms with Gasteiger partial charge in [-0.3, -0.25) is 13.9 Å². The van der Waals surface area contributed by atoms with E-state index in [4.69, 9.17) is 34.8 Å². The van der Waals surface area contributed by atoms with Crippen molar-refractivity contribution in [3.8, 4) is 0 Å². The molecule has 0 aliphatic carbocycles. The smallest absolute Gasteiger partial charge is 0.264 e. The topological polar surface area (TPSA) is 86.8 Å². The van der Waals surface area contributed by atoms with Gasteiger partial charge in [-0.2, -0.15) is 0 Å². The average Bonchev–Trinajstić information content (AvgIpc) is 2.86. The van der Waals surface area contributed by atoms with Crippen molar-refractivity contribution in [2.24, 2.45) is 0 Å². The van der Waals surface area contributed by atoms with Gasteiger partial charge in [0.2, 0.25) is 11.8 Å². The van der Waals surface area contributed by atoms with Crippen LogP contribution in [-0.4, -0.2) is 44.3 Å². The zero-order valence-corrected chi connectivity index (χ0v) is 23.3. The maximum absolute atomic E-state index is 13.8. The molecule has 0 unspecified atom stereocenters. The van der Waals surface area contributed by atoms with E-state index in [1.54, 1.807) is 56.3 Å². The molecule has 0 aromatic heterocycles. The minimum absolute atomic E-state index is 0.00760. The molecule has 3 aromatic rings. The molecule has 0 spiro atoms. The van der Waals surface area contributed by atoms with E-state index in [9.17, 15) is 18.0 Å². The number of rotatable bonds is 10. The summed E-state index contributed by atoms with van der Waals surface area (Å²) in [6.45, 7) is 3.09. The first kappa shape index (κ1) is 28.8. The number of sulfonamides is 1. The van der Waals surface area contributed by atoms with Gasteiger partial charge in [-0.25, -0.2) is 8.42 Å². The van der Waals surface area contributed by atoms with Crippen molar-refractivity contribution in [3.05, 3.63) is 93.4 Å². The van der Waals surface area contributed by atoms with Gasteiger partial charge in [-0.1, -0.05) is 71.2 Å². The zero-order chi connectivity index (χ0) is 27.2. The summed E-state index contributed by atoms with van der Waals surface area (Å²) in [6, 6.07) is 18.0. The fraction of sp³-hybridized carbons (Fsp3) is 0.231. The van der Waals surface area contributed by atoms with E-state index >= 15 is 0 Å². The number of carbonyl (C=O) groups excluding carboxylic acids is 2. The van der Waals surface area contributed by atoms with Crippen molar-refractivity contribution < 1.29 is 18.0 Å². The minimum Gasteiger partial charge on any atom is -0.355 e. The Labute approximate surface area is 232 Å². The first-order chi connectivity index (χ1) is 17.5. The van der Waals surface area contributed by atoms with Gasteiger partial charge in [0.25, 0.3) is 10.0 Å². The number of carbonyl (C=O) groups is 2. The van der Waals surface area contributed by atoms with Crippen LogP contribution in [0.2, 0.25) is 15.1 Å². The normalized spacial score (nSPS) is 12.0. The summed E-state index contributed by atoms with van der Waals surface area (Å²) in [5.41, 5.74) is 0.718. The predicted molar refractivity (Wildman–Crippen MR) is 148 cm³/mol. The Kier molecular flexibility index (Phi) is 9.84. The first-order valence-corrected chi connectivity index (χ1v) is 14.0. The molecule has 0 saturated heterocycles. The van der Waals surface area contributed by atoms with E-state index in [1.165, 1.54) is 35.2 Å². The Morgan fingerprint density at radius 2 is 1.51 bits per heavy atom. The van der Waals surface area contributed by atoms with Crippen LogP contribution in [0.25, 0.3) is 0 Å². The monoisotopic (exact) mass is 581 g/mol. The van der Waals surface area contributed by atoms with Crippen LogP contribution in [0, 0.1) is 0 Å². The van der Waals surface area contributed by atoms with Crippen LogP contribution in [0.3, 0.4) is 0 Å². The Balaban J connectivity index is 2.06. The lowest BCUT2D eigenvalue weighted by molar-refractivity contribution is -0.139. The van der Waals surface area contributed by atoms with Crippen molar-refractivity contribution >= 4 is 62.3 Å². The molecule has 1 atom stereocenters. The second-order valence-corrected chi connectivity index (χ2v) is 11.3. The molecule has 37 heavy (non-hydrogen) atoms. The van der Waals surface area contributed by atoms with Crippen molar-refractivity contribution in [1.82, 2.24) is 10.2 Å². The van der Waals surface area contributed by atoms with Crippen LogP contribution in [0.4, 0.5) is 5.69 Å². The average molecular weight is 583 g/mol. The molecule has 0 aliphatic rings. The number of benzene rings is 3. The van der Waals surface area contributed by atoms with Crippen LogP contribution in [0.1, 0.15) is 19.4 Å². The Bertz CT molecular complexity index is 1350. The van der Waals surface area contributed by atoms with Gasteiger partial charge in [0.15, 0.2) is 0 Å². The number of likely N-dealkylation sites (N-methyl/N-ethyl adjacent to an activating group) is 1. The molecule has 11 heteroatoms. The highest BCUT2D eigenvalue weighted by atomic mass is 35.5. The highest BCUT2D eigenvalue weighted by Crippen LogP contribution is 2.30. The summed E-state index contributed by atoms with van der Waals surface area (Å²) in [5, 5.41) is 3.52. The van der Waals surface area contributed by atoms with Gasteiger partial charge in [0.05, 0.1) is 10.6 Å². The van der Waals surface area contributed by atoms with E-state index in [1.807, 2.05) is 0 Å². The summed E-state index contributed by atoms with van der Waals surface area (Å²) < 4.78 is 28.3. The second kappa shape index (κ2) is 12.6. The summed E-state index contributed by atoms with van der Waals surface area (Å²) in [7, 11) is -4.21. The second-order valence-electron chi connectivity index (χ2n) is 8.14. The SMILES string of the molecule is CCNC(=O)[C@H](C)N(Cc1ccccc1Cl)C(=O)CN(c1cc(Cl)cc(Cl)c1)S(=O)(=O)c1ccccc1. The van der Waals surface area contributed by atoms with Gasteiger partial charge in [-0.15, -0.1) is 0 Å². The standard InChI is InChI=1S/C26H26Cl3N3O4S/c1-3-30-26(34)18(2)31(16-19-9-7-8-12-24(19)29)25(33)17-32(22-14-20(27)13-21(28)15-22)37(35,36)23-10-5-4-6-11-23/h4-15,18H,3,16-17H2,1-2H3,(H,30,34)/t18-/m0/s1. The first-order valence-electron chi connectivity index (χ1n) is 11.4. The number of nitrogens with one attached hydrogen (secondary N) is 1. The number of nitrogens with zero attached hydrogens (tertiary/aromatic N) is 2. The third kappa shape index (κ3) is 7.17. The minimum atomic E-state index is -4.21. The van der Waals surface area contributed by atoms with Crippen LogP contribution < -0.4 is 9.62 Å². The van der Waals surface area contributed by atoms with Crippen LogP contribution in [0.5, 0.6) is 0 Å². The zero-order valence-electron chi connectivity index (χ0n) is 20.2. The van der Waals surface area contributed by atoms with E-state index in [-0.39, 0.29) is 33.1 Å². The van der Waals surface area contributed by atoms with E-state index in [0.29, 0.717) is 17.1 Å². The quantitative estimate of drug-likeness (QED) is 0.347. The molecular formula is C26H26Cl3N3O4S. The molecule has 7 nitrogen and oxygen atoms in total. The highest BCUT2D eigenvalue weighted by Gasteiger charge is 2.32. The lowest BCUT2D eigenvalue weighted by atomic mass is 10.1. The number of halogens is 3. The van der Waals surface area contributed by atoms with E-state index < -0.39 is 28.5 Å². The summed E-state index contributed by atoms with van der Waals surface area (Å²) in [4.78, 5) is 27.8. The van der Waals surface area contributed by atoms with Gasteiger partial charge < -0.3 is 10.2 Å². The summed E-state index contributed by atoms with van der Waals surface area (Å²) >= 11 is 18.7.